The molecule has 0 aliphatic rings. The van der Waals surface area contributed by atoms with Crippen LogP contribution < -0.4 is 10.6 Å². The maximum Gasteiger partial charge on any atom is 0.276 e. The number of anilines is 2. The summed E-state index contributed by atoms with van der Waals surface area (Å²) in [5.41, 5.74) is 3.32. The van der Waals surface area contributed by atoms with Gasteiger partial charge in [-0.1, -0.05) is 41.4 Å². The van der Waals surface area contributed by atoms with Crippen molar-refractivity contribution in [3.8, 4) is 0 Å². The van der Waals surface area contributed by atoms with Crippen LogP contribution >= 0.6 is 11.6 Å². The first-order chi connectivity index (χ1) is 12.6. The normalized spacial score (nSPS) is 10.4. The van der Waals surface area contributed by atoms with Crippen LogP contribution in [0.15, 0.2) is 60.7 Å². The summed E-state index contributed by atoms with van der Waals surface area (Å²) in [4.78, 5) is 12.2. The van der Waals surface area contributed by atoms with E-state index in [0.717, 1.165) is 22.7 Å². The van der Waals surface area contributed by atoms with Gasteiger partial charge in [-0.15, -0.1) is 10.2 Å². The molecule has 2 N–H and O–H groups in total. The molecule has 6 heteroatoms. The Hall–Kier alpha value is -2.92. The number of aromatic nitrogens is 2. The minimum absolute atomic E-state index is 0.272. The maximum atomic E-state index is 12.2. The minimum Gasteiger partial charge on any atom is -0.368 e. The largest absolute Gasteiger partial charge is 0.368 e. The number of hydrogen-bond acceptors (Lipinski definition) is 4. The Labute approximate surface area is 157 Å². The SMILES string of the molecule is Cc1ccc(NC(=O)c2ccc(NCCc3ccc(Cl)cc3)nn2)cc1. The van der Waals surface area contributed by atoms with E-state index in [9.17, 15) is 4.79 Å². The van der Waals surface area contributed by atoms with E-state index in [4.69, 9.17) is 11.6 Å². The van der Waals surface area contributed by atoms with E-state index in [1.807, 2.05) is 55.5 Å². The molecule has 0 fully saturated rings. The van der Waals surface area contributed by atoms with E-state index in [-0.39, 0.29) is 11.6 Å². The predicted molar refractivity (Wildman–Crippen MR) is 105 cm³/mol. The molecular formula is C20H19ClN4O. The molecule has 0 saturated heterocycles. The zero-order chi connectivity index (χ0) is 18.4. The first kappa shape index (κ1) is 17.9. The number of carbonyl (C=O) groups is 1. The number of hydrogen-bond donors (Lipinski definition) is 2. The quantitative estimate of drug-likeness (QED) is 0.680. The summed E-state index contributed by atoms with van der Waals surface area (Å²) in [6, 6.07) is 18.7. The van der Waals surface area contributed by atoms with Crippen LogP contribution in [0, 0.1) is 6.92 Å². The number of nitrogens with one attached hydrogen (secondary N) is 2. The van der Waals surface area contributed by atoms with Crippen molar-refractivity contribution >= 4 is 29.0 Å². The average molecular weight is 367 g/mol. The number of benzene rings is 2. The van der Waals surface area contributed by atoms with Crippen molar-refractivity contribution in [1.29, 1.82) is 0 Å². The molecule has 0 aliphatic carbocycles. The van der Waals surface area contributed by atoms with Crippen LogP contribution in [0.4, 0.5) is 11.5 Å². The van der Waals surface area contributed by atoms with Crippen LogP contribution in [0.2, 0.25) is 5.02 Å². The van der Waals surface area contributed by atoms with E-state index < -0.39 is 0 Å². The molecule has 0 bridgehead atoms. The fourth-order valence-electron chi connectivity index (χ4n) is 2.37. The third kappa shape index (κ3) is 5.04. The van der Waals surface area contributed by atoms with E-state index >= 15 is 0 Å². The Bertz CT molecular complexity index is 862. The molecule has 1 aromatic heterocycles. The second-order valence-corrected chi connectivity index (χ2v) is 6.36. The summed E-state index contributed by atoms with van der Waals surface area (Å²) < 4.78 is 0. The summed E-state index contributed by atoms with van der Waals surface area (Å²) in [6.45, 7) is 2.71. The molecule has 0 spiro atoms. The Balaban J connectivity index is 1.51. The van der Waals surface area contributed by atoms with Gasteiger partial charge in [0.2, 0.25) is 0 Å². The maximum absolute atomic E-state index is 12.2. The van der Waals surface area contributed by atoms with Crippen molar-refractivity contribution in [1.82, 2.24) is 10.2 Å². The Morgan fingerprint density at radius 2 is 1.69 bits per heavy atom. The second kappa shape index (κ2) is 8.45. The Kier molecular flexibility index (Phi) is 5.81. The molecule has 0 saturated carbocycles. The van der Waals surface area contributed by atoms with E-state index in [1.165, 1.54) is 5.56 Å². The standard InChI is InChI=1S/C20H19ClN4O/c1-14-2-8-17(9-3-14)23-20(26)18-10-11-19(25-24-18)22-13-12-15-4-6-16(21)7-5-15/h2-11H,12-13H2,1H3,(H,22,25)(H,23,26). The molecule has 0 radical (unpaired) electrons. The summed E-state index contributed by atoms with van der Waals surface area (Å²) >= 11 is 5.87. The number of amides is 1. The van der Waals surface area contributed by atoms with Gasteiger partial charge in [0.25, 0.3) is 5.91 Å². The third-order valence-electron chi connectivity index (χ3n) is 3.84. The van der Waals surface area contributed by atoms with Gasteiger partial charge in [-0.25, -0.2) is 0 Å². The molecule has 1 amide bonds. The summed E-state index contributed by atoms with van der Waals surface area (Å²) in [7, 11) is 0. The predicted octanol–water partition coefficient (Wildman–Crippen LogP) is 4.35. The Morgan fingerprint density at radius 3 is 2.35 bits per heavy atom. The highest BCUT2D eigenvalue weighted by Gasteiger charge is 2.08. The van der Waals surface area contributed by atoms with Crippen LogP contribution in [0.25, 0.3) is 0 Å². The first-order valence-electron chi connectivity index (χ1n) is 8.30. The smallest absolute Gasteiger partial charge is 0.276 e. The van der Waals surface area contributed by atoms with Crippen LogP contribution in [-0.4, -0.2) is 22.6 Å². The van der Waals surface area contributed by atoms with Gasteiger partial charge in [0.15, 0.2) is 5.69 Å². The molecule has 5 nitrogen and oxygen atoms in total. The lowest BCUT2D eigenvalue weighted by atomic mass is 10.1. The molecule has 1 heterocycles. The second-order valence-electron chi connectivity index (χ2n) is 5.93. The third-order valence-corrected chi connectivity index (χ3v) is 4.09. The fourth-order valence-corrected chi connectivity index (χ4v) is 2.49. The first-order valence-corrected chi connectivity index (χ1v) is 8.68. The van der Waals surface area contributed by atoms with Gasteiger partial charge in [0.1, 0.15) is 5.82 Å². The van der Waals surface area contributed by atoms with Crippen molar-refractivity contribution in [2.45, 2.75) is 13.3 Å². The molecule has 0 unspecified atom stereocenters. The zero-order valence-electron chi connectivity index (χ0n) is 14.4. The van der Waals surface area contributed by atoms with Gasteiger partial charge in [-0.05, 0) is 55.3 Å². The van der Waals surface area contributed by atoms with Crippen molar-refractivity contribution in [2.24, 2.45) is 0 Å². The molecule has 132 valence electrons. The summed E-state index contributed by atoms with van der Waals surface area (Å²) in [5, 5.41) is 14.8. The van der Waals surface area contributed by atoms with Gasteiger partial charge < -0.3 is 10.6 Å². The molecule has 26 heavy (non-hydrogen) atoms. The lowest BCUT2D eigenvalue weighted by Crippen LogP contribution is -2.15. The fraction of sp³-hybridized carbons (Fsp3) is 0.150. The van der Waals surface area contributed by atoms with E-state index in [2.05, 4.69) is 20.8 Å². The van der Waals surface area contributed by atoms with E-state index in [0.29, 0.717) is 12.4 Å². The molecule has 0 atom stereocenters. The van der Waals surface area contributed by atoms with Crippen LogP contribution in [-0.2, 0) is 6.42 Å². The minimum atomic E-state index is -0.283. The molecule has 3 rings (SSSR count). The van der Waals surface area contributed by atoms with Gasteiger partial charge in [0.05, 0.1) is 0 Å². The van der Waals surface area contributed by atoms with E-state index in [1.54, 1.807) is 12.1 Å². The monoisotopic (exact) mass is 366 g/mol. The lowest BCUT2D eigenvalue weighted by Gasteiger charge is -2.07. The van der Waals surface area contributed by atoms with Gasteiger partial charge in [0, 0.05) is 17.3 Å². The van der Waals surface area contributed by atoms with Gasteiger partial charge >= 0.3 is 0 Å². The average Bonchev–Trinajstić information content (AvgIpc) is 2.66. The number of nitrogens with zero attached hydrogens (tertiary/aromatic N) is 2. The Morgan fingerprint density at radius 1 is 0.962 bits per heavy atom. The molecular weight excluding hydrogens is 348 g/mol. The number of rotatable bonds is 6. The molecule has 3 aromatic rings. The van der Waals surface area contributed by atoms with Gasteiger partial charge in [-0.3, -0.25) is 4.79 Å². The van der Waals surface area contributed by atoms with Crippen LogP contribution in [0.3, 0.4) is 0 Å². The molecule has 2 aromatic carbocycles. The van der Waals surface area contributed by atoms with Gasteiger partial charge in [-0.2, -0.15) is 0 Å². The van der Waals surface area contributed by atoms with Crippen molar-refractivity contribution in [3.63, 3.8) is 0 Å². The lowest BCUT2D eigenvalue weighted by molar-refractivity contribution is 0.102. The molecule has 0 aliphatic heterocycles. The highest BCUT2D eigenvalue weighted by atomic mass is 35.5. The topological polar surface area (TPSA) is 66.9 Å². The van der Waals surface area contributed by atoms with Crippen LogP contribution in [0.1, 0.15) is 21.6 Å². The number of carbonyl (C=O) groups excluding carboxylic acids is 1. The number of aryl methyl sites for hydroxylation is 1. The highest BCUT2D eigenvalue weighted by Crippen LogP contribution is 2.12. The van der Waals surface area contributed by atoms with Crippen molar-refractivity contribution in [2.75, 3.05) is 17.2 Å². The van der Waals surface area contributed by atoms with Crippen LogP contribution in [0.5, 0.6) is 0 Å². The zero-order valence-corrected chi connectivity index (χ0v) is 15.1. The van der Waals surface area contributed by atoms with Crippen molar-refractivity contribution < 1.29 is 4.79 Å². The highest BCUT2D eigenvalue weighted by molar-refractivity contribution is 6.30. The van der Waals surface area contributed by atoms with Crippen molar-refractivity contribution in [3.05, 3.63) is 82.5 Å². The summed E-state index contributed by atoms with van der Waals surface area (Å²) in [5.74, 6) is 0.347. The number of halogens is 1. The summed E-state index contributed by atoms with van der Waals surface area (Å²) in [6.07, 6.45) is 0.842.